The molecule has 1 aromatic rings. The summed E-state index contributed by atoms with van der Waals surface area (Å²) in [6, 6.07) is 9.64. The van der Waals surface area contributed by atoms with Gasteiger partial charge in [-0.25, -0.2) is 0 Å². The van der Waals surface area contributed by atoms with Crippen molar-refractivity contribution in [3.63, 3.8) is 0 Å². The van der Waals surface area contributed by atoms with E-state index in [4.69, 9.17) is 22.5 Å². The number of ketones is 1. The van der Waals surface area contributed by atoms with Crippen LogP contribution in [0.3, 0.4) is 0 Å². The quantitative estimate of drug-likeness (QED) is 0.680. The fourth-order valence-electron chi connectivity index (χ4n) is 0.541. The van der Waals surface area contributed by atoms with Gasteiger partial charge in [0.1, 0.15) is 12.4 Å². The zero-order chi connectivity index (χ0) is 10.3. The zero-order valence-corrected chi connectivity index (χ0v) is 9.90. The average Bonchev–Trinajstić information content (AvgIpc) is 2.05. The van der Waals surface area contributed by atoms with E-state index in [1.54, 1.807) is 0 Å². The van der Waals surface area contributed by atoms with Gasteiger partial charge in [-0.05, 0) is 13.8 Å². The van der Waals surface area contributed by atoms with Crippen molar-refractivity contribution in [3.05, 3.63) is 30.3 Å². The van der Waals surface area contributed by atoms with E-state index in [1.165, 1.54) is 13.8 Å². The first kappa shape index (κ1) is 12.9. The summed E-state index contributed by atoms with van der Waals surface area (Å²) >= 11 is 11.3. The van der Waals surface area contributed by atoms with Crippen molar-refractivity contribution in [3.8, 4) is 0 Å². The summed E-state index contributed by atoms with van der Waals surface area (Å²) in [5, 5.41) is 1.01. The van der Waals surface area contributed by atoms with Crippen LogP contribution in [0.2, 0.25) is 0 Å². The monoisotopic (exact) mass is 236 g/mol. The molecule has 1 aromatic carbocycles. The predicted octanol–water partition coefficient (Wildman–Crippen LogP) is 3.70. The summed E-state index contributed by atoms with van der Waals surface area (Å²) in [5.41, 5.74) is 0. The van der Waals surface area contributed by atoms with Gasteiger partial charge in [0.15, 0.2) is 0 Å². The van der Waals surface area contributed by atoms with Gasteiger partial charge >= 0.3 is 0 Å². The van der Waals surface area contributed by atoms with E-state index in [2.05, 4.69) is 0 Å². The number of carbonyl (C=O) groups is 1. The molecule has 0 aliphatic rings. The van der Waals surface area contributed by atoms with E-state index < -0.39 is 6.63 Å². The van der Waals surface area contributed by atoms with E-state index in [0.717, 1.165) is 5.30 Å². The Hall–Kier alpha value is -0.100. The summed E-state index contributed by atoms with van der Waals surface area (Å²) < 4.78 is 0. The predicted molar refractivity (Wildman–Crippen MR) is 61.1 cm³/mol. The molecule has 0 saturated heterocycles. The van der Waals surface area contributed by atoms with E-state index in [-0.39, 0.29) is 5.78 Å². The third kappa shape index (κ3) is 8.24. The van der Waals surface area contributed by atoms with E-state index in [9.17, 15) is 4.79 Å². The molecule has 0 fully saturated rings. The molecule has 1 rings (SSSR count). The van der Waals surface area contributed by atoms with E-state index in [1.807, 2.05) is 30.3 Å². The van der Waals surface area contributed by atoms with Gasteiger partial charge < -0.3 is 4.79 Å². The van der Waals surface area contributed by atoms with Gasteiger partial charge in [0.05, 0.1) is 0 Å². The second-order valence-corrected chi connectivity index (χ2v) is 6.01. The fourth-order valence-corrected chi connectivity index (χ4v) is 1.61. The Labute approximate surface area is 89.4 Å². The zero-order valence-electron chi connectivity index (χ0n) is 7.50. The third-order valence-electron chi connectivity index (χ3n) is 0.951. The minimum atomic E-state index is -0.951. The van der Waals surface area contributed by atoms with E-state index >= 15 is 0 Å². The number of halogens is 2. The lowest BCUT2D eigenvalue weighted by Gasteiger charge is -1.96. The molecule has 0 bridgehead atoms. The number of hydrogen-bond acceptors (Lipinski definition) is 1. The van der Waals surface area contributed by atoms with Crippen molar-refractivity contribution in [2.24, 2.45) is 0 Å². The Morgan fingerprint density at radius 2 is 1.54 bits per heavy atom. The maximum Gasteiger partial charge on any atom is 0.126 e. The molecule has 1 nitrogen and oxygen atoms in total. The number of benzene rings is 1. The summed E-state index contributed by atoms with van der Waals surface area (Å²) in [4.78, 5) is 9.44. The summed E-state index contributed by atoms with van der Waals surface area (Å²) in [6.07, 6.45) is 0. The van der Waals surface area contributed by atoms with E-state index in [0.29, 0.717) is 0 Å². The smallest absolute Gasteiger partial charge is 0.126 e. The maximum atomic E-state index is 9.44. The molecule has 0 radical (unpaired) electrons. The number of hydrogen-bond donors (Lipinski definition) is 0. The Morgan fingerprint density at radius 1 is 1.15 bits per heavy atom. The normalized spacial score (nSPS) is 9.00. The summed E-state index contributed by atoms with van der Waals surface area (Å²) in [7, 11) is 0. The van der Waals surface area contributed by atoms with Crippen LogP contribution in [0.25, 0.3) is 0 Å². The van der Waals surface area contributed by atoms with Gasteiger partial charge in [0.2, 0.25) is 0 Å². The van der Waals surface area contributed by atoms with Crippen LogP contribution in [0.4, 0.5) is 0 Å². The Balaban J connectivity index is 0.000000310. The van der Waals surface area contributed by atoms with Gasteiger partial charge in [0, 0.05) is 5.30 Å². The summed E-state index contributed by atoms with van der Waals surface area (Å²) in [6.45, 7) is 2.10. The van der Waals surface area contributed by atoms with Crippen LogP contribution in [0.5, 0.6) is 0 Å². The molecule has 0 saturated carbocycles. The number of rotatable bonds is 1. The molecule has 0 amide bonds. The molecule has 0 aliphatic carbocycles. The lowest BCUT2D eigenvalue weighted by Crippen LogP contribution is -1.89. The SMILES string of the molecule is CC(C)=O.ClP(Cl)c1ccccc1. The lowest BCUT2D eigenvalue weighted by molar-refractivity contribution is -0.114. The first-order chi connectivity index (χ1) is 6.04. The van der Waals surface area contributed by atoms with Gasteiger partial charge in [-0.3, -0.25) is 0 Å². The minimum absolute atomic E-state index is 0.167. The van der Waals surface area contributed by atoms with Crippen molar-refractivity contribution in [2.75, 3.05) is 0 Å². The van der Waals surface area contributed by atoms with Gasteiger partial charge in [0.25, 0.3) is 0 Å². The Bertz CT molecular complexity index is 245. The van der Waals surface area contributed by atoms with Crippen LogP contribution >= 0.6 is 29.1 Å². The third-order valence-corrected chi connectivity index (χ3v) is 2.81. The molecule has 0 atom stereocenters. The van der Waals surface area contributed by atoms with Crippen LogP contribution < -0.4 is 5.30 Å². The number of carbonyl (C=O) groups excluding carboxylic acids is 1. The highest BCUT2D eigenvalue weighted by Gasteiger charge is 1.99. The van der Waals surface area contributed by atoms with Crippen LogP contribution in [0.1, 0.15) is 13.8 Å². The van der Waals surface area contributed by atoms with Gasteiger partial charge in [-0.2, -0.15) is 0 Å². The van der Waals surface area contributed by atoms with Crippen LogP contribution in [-0.4, -0.2) is 5.78 Å². The number of Topliss-reactive ketones (excluding diaryl/α,β-unsaturated/α-hetero) is 1. The molecule has 13 heavy (non-hydrogen) atoms. The van der Waals surface area contributed by atoms with Gasteiger partial charge in [-0.1, -0.05) is 52.8 Å². The molecule has 0 aromatic heterocycles. The molecule has 4 heteroatoms. The average molecular weight is 237 g/mol. The second kappa shape index (κ2) is 7.32. The summed E-state index contributed by atoms with van der Waals surface area (Å²) in [5.74, 6) is 0.167. The Morgan fingerprint density at radius 3 is 1.77 bits per heavy atom. The standard InChI is InChI=1S/C6H5Cl2P.C3H6O/c7-9(8)6-4-2-1-3-5-6;1-3(2)4/h1-5H;1-2H3. The molecule has 0 spiro atoms. The minimum Gasteiger partial charge on any atom is -0.300 e. The van der Waals surface area contributed by atoms with Crippen LogP contribution in [-0.2, 0) is 4.79 Å². The Kier molecular flexibility index (Phi) is 7.26. The molecule has 0 unspecified atom stereocenters. The van der Waals surface area contributed by atoms with Crippen molar-refractivity contribution < 1.29 is 4.79 Å². The largest absolute Gasteiger partial charge is 0.300 e. The van der Waals surface area contributed by atoms with Crippen molar-refractivity contribution in [1.29, 1.82) is 0 Å². The van der Waals surface area contributed by atoms with Crippen molar-refractivity contribution >= 4 is 40.2 Å². The van der Waals surface area contributed by atoms with Crippen LogP contribution in [0.15, 0.2) is 30.3 Å². The highest BCUT2D eigenvalue weighted by Crippen LogP contribution is 2.44. The van der Waals surface area contributed by atoms with Crippen molar-refractivity contribution in [1.82, 2.24) is 0 Å². The molecule has 0 aliphatic heterocycles. The highest BCUT2D eigenvalue weighted by molar-refractivity contribution is 8.08. The molecule has 0 N–H and O–H groups in total. The topological polar surface area (TPSA) is 17.1 Å². The molecule has 72 valence electrons. The van der Waals surface area contributed by atoms with Gasteiger partial charge in [-0.15, -0.1) is 0 Å². The second-order valence-electron chi connectivity index (χ2n) is 2.48. The van der Waals surface area contributed by atoms with Crippen LogP contribution in [0, 0.1) is 0 Å². The maximum absolute atomic E-state index is 9.44. The highest BCUT2D eigenvalue weighted by atomic mass is 35.9. The van der Waals surface area contributed by atoms with Crippen molar-refractivity contribution in [2.45, 2.75) is 13.8 Å². The lowest BCUT2D eigenvalue weighted by atomic mass is 10.4. The molecular weight excluding hydrogens is 226 g/mol. The first-order valence-corrected chi connectivity index (χ1v) is 6.83. The fraction of sp³-hybridized carbons (Fsp3) is 0.222. The first-order valence-electron chi connectivity index (χ1n) is 3.68. The molecular formula is C9H11Cl2OP. The molecule has 0 heterocycles.